The molecule has 0 aliphatic carbocycles. The summed E-state index contributed by atoms with van der Waals surface area (Å²) in [7, 11) is -0.371. The van der Waals surface area contributed by atoms with Gasteiger partial charge in [-0.25, -0.2) is 12.7 Å². The molecular weight excluding hydrogens is 252 g/mol. The number of hydrogen-bond acceptors (Lipinski definition) is 4. The van der Waals surface area contributed by atoms with E-state index >= 15 is 0 Å². The Morgan fingerprint density at radius 2 is 1.94 bits per heavy atom. The molecule has 6 heteroatoms. The zero-order valence-corrected chi connectivity index (χ0v) is 11.4. The zero-order chi connectivity index (χ0) is 13.3. The third kappa shape index (κ3) is 2.23. The lowest BCUT2D eigenvalue weighted by molar-refractivity contribution is 0.200. The SMILES string of the molecule is CN(C)S(=O)(=O)c1ccccc1N1CC(CO)C1. The second-order valence-electron chi connectivity index (χ2n) is 4.71. The van der Waals surface area contributed by atoms with Gasteiger partial charge in [0.15, 0.2) is 0 Å². The van der Waals surface area contributed by atoms with Crippen LogP contribution in [0.25, 0.3) is 0 Å². The number of anilines is 1. The van der Waals surface area contributed by atoms with Crippen molar-refractivity contribution in [3.63, 3.8) is 0 Å². The molecule has 0 bridgehead atoms. The number of para-hydroxylation sites is 1. The monoisotopic (exact) mass is 270 g/mol. The molecule has 1 aliphatic rings. The molecule has 0 amide bonds. The van der Waals surface area contributed by atoms with Gasteiger partial charge in [-0.15, -0.1) is 0 Å². The van der Waals surface area contributed by atoms with Crippen LogP contribution >= 0.6 is 0 Å². The molecule has 100 valence electrons. The minimum Gasteiger partial charge on any atom is -0.396 e. The first-order valence-corrected chi connectivity index (χ1v) is 7.28. The van der Waals surface area contributed by atoms with Gasteiger partial charge in [-0.3, -0.25) is 0 Å². The van der Waals surface area contributed by atoms with E-state index in [1.807, 2.05) is 17.0 Å². The second-order valence-corrected chi connectivity index (χ2v) is 6.83. The standard InChI is InChI=1S/C12H18N2O3S/c1-13(2)18(16,17)12-6-4-3-5-11(12)14-7-10(8-14)9-15/h3-6,10,15H,7-9H2,1-2H3. The van der Waals surface area contributed by atoms with Crippen molar-refractivity contribution in [3.05, 3.63) is 24.3 Å². The summed E-state index contributed by atoms with van der Waals surface area (Å²) < 4.78 is 25.6. The van der Waals surface area contributed by atoms with Crippen molar-refractivity contribution in [2.24, 2.45) is 5.92 Å². The number of aliphatic hydroxyl groups is 1. The van der Waals surface area contributed by atoms with Gasteiger partial charge in [-0.05, 0) is 12.1 Å². The summed E-state index contributed by atoms with van der Waals surface area (Å²) in [6, 6.07) is 6.99. The summed E-state index contributed by atoms with van der Waals surface area (Å²) in [4.78, 5) is 2.31. The molecule has 1 fully saturated rings. The van der Waals surface area contributed by atoms with Gasteiger partial charge in [-0.1, -0.05) is 12.1 Å². The Bertz CT molecular complexity index is 522. The molecule has 1 aromatic carbocycles. The molecule has 0 atom stereocenters. The van der Waals surface area contributed by atoms with Gasteiger partial charge >= 0.3 is 0 Å². The Morgan fingerprint density at radius 1 is 1.33 bits per heavy atom. The van der Waals surface area contributed by atoms with Crippen molar-refractivity contribution in [1.82, 2.24) is 4.31 Å². The quantitative estimate of drug-likeness (QED) is 0.858. The van der Waals surface area contributed by atoms with E-state index in [-0.39, 0.29) is 12.5 Å². The average Bonchev–Trinajstić information content (AvgIpc) is 2.28. The number of hydrogen-bond donors (Lipinski definition) is 1. The normalized spacial score (nSPS) is 17.0. The minimum atomic E-state index is -3.42. The molecule has 0 radical (unpaired) electrons. The third-order valence-electron chi connectivity index (χ3n) is 3.18. The molecule has 1 aliphatic heterocycles. The molecular formula is C12H18N2O3S. The van der Waals surface area contributed by atoms with Crippen LogP contribution in [0.3, 0.4) is 0 Å². The highest BCUT2D eigenvalue weighted by Crippen LogP contribution is 2.31. The van der Waals surface area contributed by atoms with Crippen LogP contribution in [0.4, 0.5) is 5.69 Å². The Labute approximate surface area is 108 Å². The van der Waals surface area contributed by atoms with Crippen molar-refractivity contribution >= 4 is 15.7 Å². The predicted octanol–water partition coefficient (Wildman–Crippen LogP) is 0.365. The van der Waals surface area contributed by atoms with Gasteiger partial charge in [0.1, 0.15) is 4.90 Å². The summed E-state index contributed by atoms with van der Waals surface area (Å²) in [6.07, 6.45) is 0. The average molecular weight is 270 g/mol. The summed E-state index contributed by atoms with van der Waals surface area (Å²) in [5, 5.41) is 9.01. The Morgan fingerprint density at radius 3 is 2.50 bits per heavy atom. The van der Waals surface area contributed by atoms with Crippen LogP contribution in [-0.4, -0.2) is 51.6 Å². The van der Waals surface area contributed by atoms with E-state index in [4.69, 9.17) is 5.11 Å². The fraction of sp³-hybridized carbons (Fsp3) is 0.500. The van der Waals surface area contributed by atoms with Gasteiger partial charge in [0.25, 0.3) is 0 Å². The van der Waals surface area contributed by atoms with Crippen molar-refractivity contribution in [1.29, 1.82) is 0 Å². The summed E-state index contributed by atoms with van der Waals surface area (Å²) >= 11 is 0. The van der Waals surface area contributed by atoms with Crippen molar-refractivity contribution < 1.29 is 13.5 Å². The lowest BCUT2D eigenvalue weighted by atomic mass is 10.0. The molecule has 1 heterocycles. The molecule has 1 aromatic rings. The summed E-state index contributed by atoms with van der Waals surface area (Å²) in [5.74, 6) is 0.250. The molecule has 2 rings (SSSR count). The first kappa shape index (κ1) is 13.3. The second kappa shape index (κ2) is 4.87. The largest absolute Gasteiger partial charge is 0.396 e. The first-order chi connectivity index (χ1) is 8.46. The van der Waals surface area contributed by atoms with Gasteiger partial charge in [0.2, 0.25) is 10.0 Å². The molecule has 0 spiro atoms. The van der Waals surface area contributed by atoms with Crippen LogP contribution in [0.5, 0.6) is 0 Å². The van der Waals surface area contributed by atoms with Crippen LogP contribution in [0, 0.1) is 5.92 Å². The molecule has 0 unspecified atom stereocenters. The number of nitrogens with zero attached hydrogens (tertiary/aromatic N) is 2. The maximum atomic E-state index is 12.2. The number of aliphatic hydroxyl groups excluding tert-OH is 1. The van der Waals surface area contributed by atoms with E-state index in [0.29, 0.717) is 18.0 Å². The van der Waals surface area contributed by atoms with Gasteiger partial charge in [0, 0.05) is 39.7 Å². The highest BCUT2D eigenvalue weighted by atomic mass is 32.2. The van der Waals surface area contributed by atoms with Gasteiger partial charge in [-0.2, -0.15) is 0 Å². The van der Waals surface area contributed by atoms with Crippen LogP contribution in [0.2, 0.25) is 0 Å². The van der Waals surface area contributed by atoms with E-state index in [9.17, 15) is 8.42 Å². The molecule has 18 heavy (non-hydrogen) atoms. The predicted molar refractivity (Wildman–Crippen MR) is 70.1 cm³/mol. The van der Waals surface area contributed by atoms with Crippen molar-refractivity contribution in [3.8, 4) is 0 Å². The van der Waals surface area contributed by atoms with E-state index in [1.165, 1.54) is 18.4 Å². The Kier molecular flexibility index (Phi) is 3.61. The lowest BCUT2D eigenvalue weighted by Gasteiger charge is -2.41. The smallest absolute Gasteiger partial charge is 0.244 e. The van der Waals surface area contributed by atoms with Crippen LogP contribution in [0.1, 0.15) is 0 Å². The van der Waals surface area contributed by atoms with Crippen LogP contribution in [0.15, 0.2) is 29.2 Å². The fourth-order valence-electron chi connectivity index (χ4n) is 2.02. The van der Waals surface area contributed by atoms with Crippen LogP contribution in [-0.2, 0) is 10.0 Å². The zero-order valence-electron chi connectivity index (χ0n) is 10.6. The van der Waals surface area contributed by atoms with Crippen molar-refractivity contribution in [2.75, 3.05) is 38.7 Å². The first-order valence-electron chi connectivity index (χ1n) is 5.84. The lowest BCUT2D eigenvalue weighted by Crippen LogP contribution is -2.49. The minimum absolute atomic E-state index is 0.152. The maximum absolute atomic E-state index is 12.2. The highest BCUT2D eigenvalue weighted by molar-refractivity contribution is 7.89. The maximum Gasteiger partial charge on any atom is 0.244 e. The molecule has 0 saturated carbocycles. The fourth-order valence-corrected chi connectivity index (χ4v) is 3.12. The number of sulfonamides is 1. The van der Waals surface area contributed by atoms with Gasteiger partial charge in [0.05, 0.1) is 5.69 Å². The molecule has 1 N–H and O–H groups in total. The van der Waals surface area contributed by atoms with E-state index < -0.39 is 10.0 Å². The molecule has 0 aromatic heterocycles. The Hall–Kier alpha value is -1.11. The van der Waals surface area contributed by atoms with Crippen LogP contribution < -0.4 is 4.90 Å². The summed E-state index contributed by atoms with van der Waals surface area (Å²) in [6.45, 7) is 1.56. The number of benzene rings is 1. The van der Waals surface area contributed by atoms with E-state index in [1.54, 1.807) is 12.1 Å². The van der Waals surface area contributed by atoms with Gasteiger partial charge < -0.3 is 10.0 Å². The third-order valence-corrected chi connectivity index (χ3v) is 5.04. The van der Waals surface area contributed by atoms with E-state index in [2.05, 4.69) is 0 Å². The highest BCUT2D eigenvalue weighted by Gasteiger charge is 2.31. The van der Waals surface area contributed by atoms with E-state index in [0.717, 1.165) is 5.69 Å². The molecule has 1 saturated heterocycles. The molecule has 5 nitrogen and oxygen atoms in total. The number of rotatable bonds is 4. The topological polar surface area (TPSA) is 60.9 Å². The van der Waals surface area contributed by atoms with Crippen molar-refractivity contribution in [2.45, 2.75) is 4.90 Å². The Balaban J connectivity index is 2.33. The summed E-state index contributed by atoms with van der Waals surface area (Å²) in [5.41, 5.74) is 0.718.